The fraction of sp³-hybridized carbons (Fsp3) is 0.550. The van der Waals surface area contributed by atoms with Gasteiger partial charge in [0.15, 0.2) is 0 Å². The highest BCUT2D eigenvalue weighted by Crippen LogP contribution is 2.48. The van der Waals surface area contributed by atoms with E-state index >= 15 is 0 Å². The molecule has 142 valence electrons. The van der Waals surface area contributed by atoms with Crippen LogP contribution in [0, 0.1) is 5.92 Å². The van der Waals surface area contributed by atoms with E-state index in [1.807, 2.05) is 23.1 Å². The summed E-state index contributed by atoms with van der Waals surface area (Å²) in [6.07, 6.45) is 8.91. The Morgan fingerprint density at radius 2 is 1.89 bits per heavy atom. The van der Waals surface area contributed by atoms with Gasteiger partial charge in [-0.2, -0.15) is 15.0 Å². The molecule has 2 bridgehead atoms. The number of aromatic nitrogens is 3. The number of benzene rings is 1. The Morgan fingerprint density at radius 1 is 1.15 bits per heavy atom. The van der Waals surface area contributed by atoms with Gasteiger partial charge in [0.25, 0.3) is 0 Å². The molecule has 3 heterocycles. The monoisotopic (exact) mass is 385 g/mol. The van der Waals surface area contributed by atoms with E-state index in [0.717, 1.165) is 54.3 Å². The molecule has 6 nitrogen and oxygen atoms in total. The van der Waals surface area contributed by atoms with Crippen molar-refractivity contribution in [3.8, 4) is 0 Å². The van der Waals surface area contributed by atoms with Crippen molar-refractivity contribution in [1.82, 2.24) is 19.9 Å². The smallest absolute Gasteiger partial charge is 0.318 e. The van der Waals surface area contributed by atoms with Crippen molar-refractivity contribution in [3.63, 3.8) is 0 Å². The van der Waals surface area contributed by atoms with Crippen molar-refractivity contribution < 1.29 is 4.79 Å². The van der Waals surface area contributed by atoms with Gasteiger partial charge in [-0.15, -0.1) is 0 Å². The first kappa shape index (κ1) is 17.0. The average Bonchev–Trinajstić information content (AvgIpc) is 3.10. The number of hydrogen-bond acceptors (Lipinski definition) is 3. The minimum absolute atomic E-state index is 0.0234. The average molecular weight is 386 g/mol. The minimum atomic E-state index is 0.0234. The molecule has 2 amide bonds. The lowest BCUT2D eigenvalue weighted by Gasteiger charge is -2.54. The molecule has 1 N–H and O–H groups in total. The maximum absolute atomic E-state index is 12.8. The van der Waals surface area contributed by atoms with Gasteiger partial charge in [0.2, 0.25) is 0 Å². The molecular formula is C20H24ClN5O. The van der Waals surface area contributed by atoms with Crippen LogP contribution in [0.25, 0.3) is 0 Å². The van der Waals surface area contributed by atoms with E-state index < -0.39 is 0 Å². The van der Waals surface area contributed by atoms with Crippen molar-refractivity contribution in [2.75, 3.05) is 5.32 Å². The molecule has 1 aromatic carbocycles. The van der Waals surface area contributed by atoms with E-state index in [1.165, 1.54) is 0 Å². The summed E-state index contributed by atoms with van der Waals surface area (Å²) < 4.78 is 0. The van der Waals surface area contributed by atoms with Crippen LogP contribution in [0.1, 0.15) is 56.6 Å². The number of nitrogens with one attached hydrogen (secondary N) is 1. The van der Waals surface area contributed by atoms with E-state index in [2.05, 4.69) is 22.4 Å². The normalized spacial score (nSPS) is 31.8. The molecule has 4 aliphatic rings. The summed E-state index contributed by atoms with van der Waals surface area (Å²) >= 11 is 6.49. The van der Waals surface area contributed by atoms with Crippen LogP contribution < -0.4 is 5.32 Å². The van der Waals surface area contributed by atoms with Gasteiger partial charge < -0.3 is 10.2 Å². The van der Waals surface area contributed by atoms with Crippen LogP contribution in [0.5, 0.6) is 0 Å². The summed E-state index contributed by atoms with van der Waals surface area (Å²) in [7, 11) is 0. The molecule has 27 heavy (non-hydrogen) atoms. The standard InChI is InChI=1S/C20H24ClN5O/c1-12-8-14-11-15(9-12)25(14)20(27)24-13-2-4-18(21)17(10-13)16-3-5-19(16)26-22-6-7-23-26/h2,4,6-7,10,12,14-16,19H,3,5,8-9,11H2,1H3,(H,24,27)/t12?,14-,15?,16?,19?/m1/s1. The lowest BCUT2D eigenvalue weighted by atomic mass is 9.74. The predicted molar refractivity (Wildman–Crippen MR) is 104 cm³/mol. The van der Waals surface area contributed by atoms with Crippen molar-refractivity contribution in [3.05, 3.63) is 41.2 Å². The molecule has 0 spiro atoms. The summed E-state index contributed by atoms with van der Waals surface area (Å²) in [6, 6.07) is 6.88. The molecule has 2 aromatic rings. The van der Waals surface area contributed by atoms with Crippen LogP contribution in [0.2, 0.25) is 5.02 Å². The van der Waals surface area contributed by atoms with E-state index in [-0.39, 0.29) is 18.0 Å². The molecule has 2 aliphatic carbocycles. The van der Waals surface area contributed by atoms with Crippen molar-refractivity contribution in [2.45, 2.75) is 63.1 Å². The van der Waals surface area contributed by atoms with Crippen molar-refractivity contribution in [1.29, 1.82) is 0 Å². The lowest BCUT2D eigenvalue weighted by molar-refractivity contribution is -0.00601. The first-order valence-corrected chi connectivity index (χ1v) is 10.2. The SMILES string of the molecule is CC1CC2C[C@@H](C1)N2C(=O)Nc1ccc(Cl)c(C2CCC2n2nccn2)c1. The number of nitrogens with zero attached hydrogens (tertiary/aromatic N) is 4. The molecule has 2 saturated carbocycles. The topological polar surface area (TPSA) is 63.1 Å². The zero-order valence-corrected chi connectivity index (χ0v) is 16.1. The third kappa shape index (κ3) is 2.90. The van der Waals surface area contributed by atoms with Crippen LogP contribution in [0.4, 0.5) is 10.5 Å². The molecule has 5 atom stereocenters. The van der Waals surface area contributed by atoms with Gasteiger partial charge in [-0.25, -0.2) is 4.79 Å². The van der Waals surface area contributed by atoms with Gasteiger partial charge in [-0.05, 0) is 61.8 Å². The zero-order chi connectivity index (χ0) is 18.5. The number of amides is 2. The maximum atomic E-state index is 12.8. The van der Waals surface area contributed by atoms with Gasteiger partial charge in [-0.1, -0.05) is 18.5 Å². The van der Waals surface area contributed by atoms with E-state index in [4.69, 9.17) is 11.6 Å². The maximum Gasteiger partial charge on any atom is 0.322 e. The number of rotatable bonds is 3. The van der Waals surface area contributed by atoms with Crippen LogP contribution in [0.3, 0.4) is 0 Å². The summed E-state index contributed by atoms with van der Waals surface area (Å²) in [6.45, 7) is 2.28. The molecule has 2 aliphatic heterocycles. The molecule has 1 aromatic heterocycles. The summed E-state index contributed by atoms with van der Waals surface area (Å²) in [5.74, 6) is 1.01. The fourth-order valence-corrected chi connectivity index (χ4v) is 5.35. The predicted octanol–water partition coefficient (Wildman–Crippen LogP) is 4.45. The van der Waals surface area contributed by atoms with E-state index in [9.17, 15) is 4.79 Å². The molecule has 0 radical (unpaired) electrons. The summed E-state index contributed by atoms with van der Waals surface area (Å²) in [5, 5.41) is 12.4. The lowest BCUT2D eigenvalue weighted by Crippen LogP contribution is -2.63. The molecule has 6 rings (SSSR count). The van der Waals surface area contributed by atoms with Crippen molar-refractivity contribution in [2.24, 2.45) is 5.92 Å². The Labute approximate surface area is 163 Å². The highest BCUT2D eigenvalue weighted by molar-refractivity contribution is 6.31. The van der Waals surface area contributed by atoms with E-state index in [0.29, 0.717) is 12.1 Å². The van der Waals surface area contributed by atoms with Crippen LogP contribution >= 0.6 is 11.6 Å². The Kier molecular flexibility index (Phi) is 4.11. The van der Waals surface area contributed by atoms with Crippen molar-refractivity contribution >= 4 is 23.3 Å². The number of carbonyl (C=O) groups is 1. The first-order valence-electron chi connectivity index (χ1n) is 9.84. The molecule has 4 fully saturated rings. The highest BCUT2D eigenvalue weighted by Gasteiger charge is 2.46. The largest absolute Gasteiger partial charge is 0.322 e. The number of carbonyl (C=O) groups excluding carboxylic acids is 1. The second-order valence-corrected chi connectivity index (χ2v) is 8.70. The number of fused-ring (bicyclic) bond motifs is 2. The van der Waals surface area contributed by atoms with Gasteiger partial charge in [0.05, 0.1) is 18.4 Å². The first-order chi connectivity index (χ1) is 13.1. The number of hydrogen-bond donors (Lipinski definition) is 1. The Morgan fingerprint density at radius 3 is 2.56 bits per heavy atom. The van der Waals surface area contributed by atoms with Gasteiger partial charge in [0.1, 0.15) is 0 Å². The highest BCUT2D eigenvalue weighted by atomic mass is 35.5. The van der Waals surface area contributed by atoms with E-state index in [1.54, 1.807) is 17.2 Å². The molecular weight excluding hydrogens is 362 g/mol. The Hall–Kier alpha value is -2.08. The molecule has 7 heteroatoms. The number of anilines is 1. The van der Waals surface area contributed by atoms with Crippen LogP contribution in [-0.4, -0.2) is 38.0 Å². The van der Waals surface area contributed by atoms with Crippen LogP contribution in [-0.2, 0) is 0 Å². The third-order valence-corrected chi connectivity index (χ3v) is 6.88. The second-order valence-electron chi connectivity index (χ2n) is 8.29. The number of halogens is 1. The van der Waals surface area contributed by atoms with Gasteiger partial charge in [0, 0.05) is 28.7 Å². The zero-order valence-electron chi connectivity index (χ0n) is 15.4. The Balaban J connectivity index is 1.32. The molecule has 4 unspecified atom stereocenters. The number of urea groups is 1. The third-order valence-electron chi connectivity index (χ3n) is 6.53. The van der Waals surface area contributed by atoms with Gasteiger partial charge in [-0.3, -0.25) is 0 Å². The second kappa shape index (κ2) is 6.51. The number of piperidine rings is 1. The Bertz CT molecular complexity index is 842. The van der Waals surface area contributed by atoms with Gasteiger partial charge >= 0.3 is 6.03 Å². The summed E-state index contributed by atoms with van der Waals surface area (Å²) in [5.41, 5.74) is 1.89. The molecule has 2 saturated heterocycles. The van der Waals surface area contributed by atoms with Crippen LogP contribution in [0.15, 0.2) is 30.6 Å². The minimum Gasteiger partial charge on any atom is -0.318 e. The summed E-state index contributed by atoms with van der Waals surface area (Å²) in [4.78, 5) is 16.6. The fourth-order valence-electron chi connectivity index (χ4n) is 5.09. The quantitative estimate of drug-likeness (QED) is 0.848.